The topological polar surface area (TPSA) is 132 Å². The van der Waals surface area contributed by atoms with Crippen molar-refractivity contribution in [1.29, 1.82) is 0 Å². The number of nitrogens with one attached hydrogen (secondary N) is 1. The van der Waals surface area contributed by atoms with E-state index in [1.165, 1.54) is 31.0 Å². The number of halogens is 2. The molecule has 0 bridgehead atoms. The van der Waals surface area contributed by atoms with Crippen molar-refractivity contribution in [2.75, 3.05) is 25.6 Å². The molecule has 0 spiro atoms. The highest BCUT2D eigenvalue weighted by molar-refractivity contribution is 6.03. The van der Waals surface area contributed by atoms with Crippen LogP contribution in [0.3, 0.4) is 0 Å². The number of fused-ring (bicyclic) bond motifs is 1. The predicted molar refractivity (Wildman–Crippen MR) is 108 cm³/mol. The predicted octanol–water partition coefficient (Wildman–Crippen LogP) is 1.19. The monoisotopic (exact) mass is 446 g/mol. The summed E-state index contributed by atoms with van der Waals surface area (Å²) in [7, 11) is 1.49. The molecule has 10 nitrogen and oxygen atoms in total. The maximum atomic E-state index is 14.9. The van der Waals surface area contributed by atoms with E-state index in [1.54, 1.807) is 0 Å². The first-order valence-corrected chi connectivity index (χ1v) is 9.66. The molecule has 3 N–H and O–H groups in total. The van der Waals surface area contributed by atoms with Crippen LogP contribution in [0.5, 0.6) is 5.88 Å². The van der Waals surface area contributed by atoms with Gasteiger partial charge in [0.2, 0.25) is 18.1 Å². The normalized spacial score (nSPS) is 23.4. The molecule has 2 amide bonds. The van der Waals surface area contributed by atoms with Gasteiger partial charge in [0.05, 0.1) is 31.5 Å². The molecule has 2 aliphatic rings. The third-order valence-electron chi connectivity index (χ3n) is 5.30. The summed E-state index contributed by atoms with van der Waals surface area (Å²) in [6.07, 6.45) is 0.660. The van der Waals surface area contributed by atoms with Gasteiger partial charge in [-0.05, 0) is 18.2 Å². The lowest BCUT2D eigenvalue weighted by Gasteiger charge is -2.37. The molecule has 32 heavy (non-hydrogen) atoms. The lowest BCUT2D eigenvalue weighted by Crippen LogP contribution is -2.54. The average molecular weight is 446 g/mol. The van der Waals surface area contributed by atoms with Crippen LogP contribution in [0.4, 0.5) is 14.5 Å². The summed E-state index contributed by atoms with van der Waals surface area (Å²) in [6, 6.07) is 3.91. The minimum atomic E-state index is -1.58. The second-order valence-corrected chi connectivity index (χ2v) is 7.41. The molecule has 0 aliphatic carbocycles. The van der Waals surface area contributed by atoms with Gasteiger partial charge in [0.15, 0.2) is 5.96 Å². The molecule has 4 rings (SSSR count). The Hall–Kier alpha value is -3.67. The van der Waals surface area contributed by atoms with Crippen LogP contribution in [0, 0.1) is 11.7 Å². The fourth-order valence-electron chi connectivity index (χ4n) is 3.70. The molecular weight excluding hydrogens is 426 g/mol. The van der Waals surface area contributed by atoms with E-state index in [0.29, 0.717) is 0 Å². The van der Waals surface area contributed by atoms with Crippen molar-refractivity contribution in [3.63, 3.8) is 0 Å². The van der Waals surface area contributed by atoms with Crippen molar-refractivity contribution < 1.29 is 27.8 Å². The standard InChI is InChI=1S/C20H20F2N6O4/c1-10(21)32-16-7-24-15(6-25-16)17(29)26-11-3-4-14(22)12(5-11)20-9-31-8-13(20)18(30)28(2)19(23)27-20/h3-7,10,13H,8-9H2,1-2H3,(H2,23,27)(H,26,29). The molecule has 2 aromatic rings. The number of benzene rings is 1. The molecule has 0 saturated carbocycles. The molecule has 3 atom stereocenters. The lowest BCUT2D eigenvalue weighted by atomic mass is 9.78. The molecule has 1 aromatic heterocycles. The molecule has 0 radical (unpaired) electrons. The van der Waals surface area contributed by atoms with Gasteiger partial charge < -0.3 is 20.5 Å². The fraction of sp³-hybridized carbons (Fsp3) is 0.350. The van der Waals surface area contributed by atoms with Crippen LogP contribution in [0.2, 0.25) is 0 Å². The molecule has 1 fully saturated rings. The van der Waals surface area contributed by atoms with Gasteiger partial charge in [-0.3, -0.25) is 14.5 Å². The summed E-state index contributed by atoms with van der Waals surface area (Å²) in [4.78, 5) is 38.5. The number of anilines is 1. The number of alkyl halides is 1. The van der Waals surface area contributed by atoms with Gasteiger partial charge in [-0.2, -0.15) is 0 Å². The molecule has 1 aromatic carbocycles. The van der Waals surface area contributed by atoms with Crippen LogP contribution in [0.25, 0.3) is 0 Å². The van der Waals surface area contributed by atoms with E-state index in [2.05, 4.69) is 20.3 Å². The number of hydrogen-bond donors (Lipinski definition) is 2. The maximum Gasteiger partial charge on any atom is 0.275 e. The zero-order chi connectivity index (χ0) is 23.0. The van der Waals surface area contributed by atoms with Gasteiger partial charge in [-0.25, -0.2) is 23.7 Å². The average Bonchev–Trinajstić information content (AvgIpc) is 3.18. The Bertz CT molecular complexity index is 1090. The number of hydrogen-bond acceptors (Lipinski definition) is 8. The van der Waals surface area contributed by atoms with Crippen LogP contribution in [0.1, 0.15) is 23.0 Å². The Kier molecular flexibility index (Phi) is 5.46. The number of ether oxygens (including phenoxy) is 2. The van der Waals surface area contributed by atoms with Crippen molar-refractivity contribution in [3.05, 3.63) is 47.7 Å². The van der Waals surface area contributed by atoms with Crippen LogP contribution < -0.4 is 15.8 Å². The number of carbonyl (C=O) groups excluding carboxylic acids is 2. The molecule has 3 heterocycles. The van der Waals surface area contributed by atoms with Gasteiger partial charge in [-0.1, -0.05) is 0 Å². The summed E-state index contributed by atoms with van der Waals surface area (Å²) < 4.78 is 38.0. The molecule has 168 valence electrons. The van der Waals surface area contributed by atoms with E-state index in [4.69, 9.17) is 15.2 Å². The Labute approximate surface area is 181 Å². The molecule has 3 unspecified atom stereocenters. The highest BCUT2D eigenvalue weighted by atomic mass is 19.1. The third kappa shape index (κ3) is 3.73. The minimum Gasteiger partial charge on any atom is -0.442 e. The van der Waals surface area contributed by atoms with E-state index in [9.17, 15) is 18.4 Å². The fourth-order valence-corrected chi connectivity index (χ4v) is 3.70. The largest absolute Gasteiger partial charge is 0.442 e. The van der Waals surface area contributed by atoms with Gasteiger partial charge in [0, 0.05) is 25.2 Å². The van der Waals surface area contributed by atoms with Gasteiger partial charge in [0.1, 0.15) is 17.1 Å². The van der Waals surface area contributed by atoms with Gasteiger partial charge >= 0.3 is 0 Å². The van der Waals surface area contributed by atoms with Gasteiger partial charge in [-0.15, -0.1) is 0 Å². The van der Waals surface area contributed by atoms with Crippen LogP contribution in [-0.4, -0.2) is 59.3 Å². The third-order valence-corrected chi connectivity index (χ3v) is 5.30. The number of guanidine groups is 1. The van der Waals surface area contributed by atoms with Gasteiger partial charge in [0.25, 0.3) is 5.91 Å². The molecule has 12 heteroatoms. The summed E-state index contributed by atoms with van der Waals surface area (Å²) >= 11 is 0. The van der Waals surface area contributed by atoms with Crippen molar-refractivity contribution in [3.8, 4) is 5.88 Å². The number of rotatable bonds is 5. The van der Waals surface area contributed by atoms with E-state index in [-0.39, 0.29) is 47.9 Å². The second kappa shape index (κ2) is 8.11. The highest BCUT2D eigenvalue weighted by Crippen LogP contribution is 2.44. The summed E-state index contributed by atoms with van der Waals surface area (Å²) in [5.74, 6) is -2.45. The van der Waals surface area contributed by atoms with Crippen molar-refractivity contribution >= 4 is 23.5 Å². The van der Waals surface area contributed by atoms with Crippen LogP contribution in [0.15, 0.2) is 35.6 Å². The molecular formula is C20H20F2N6O4. The first-order valence-electron chi connectivity index (χ1n) is 9.66. The first-order chi connectivity index (χ1) is 15.2. The quantitative estimate of drug-likeness (QED) is 0.705. The minimum absolute atomic E-state index is 0.0355. The number of aromatic nitrogens is 2. The summed E-state index contributed by atoms with van der Waals surface area (Å²) in [5.41, 5.74) is 4.82. The Morgan fingerprint density at radius 3 is 2.88 bits per heavy atom. The number of nitrogens with zero attached hydrogens (tertiary/aromatic N) is 4. The number of nitrogens with two attached hydrogens (primary N) is 1. The van der Waals surface area contributed by atoms with E-state index in [1.807, 2.05) is 0 Å². The Balaban J connectivity index is 1.62. The highest BCUT2D eigenvalue weighted by Gasteiger charge is 2.54. The van der Waals surface area contributed by atoms with E-state index < -0.39 is 29.5 Å². The Morgan fingerprint density at radius 1 is 1.41 bits per heavy atom. The van der Waals surface area contributed by atoms with E-state index in [0.717, 1.165) is 18.5 Å². The number of amides is 2. The van der Waals surface area contributed by atoms with Crippen molar-refractivity contribution in [2.45, 2.75) is 18.8 Å². The van der Waals surface area contributed by atoms with E-state index >= 15 is 0 Å². The van der Waals surface area contributed by atoms with Crippen molar-refractivity contribution in [2.24, 2.45) is 16.6 Å². The number of carbonyl (C=O) groups is 2. The summed E-state index contributed by atoms with van der Waals surface area (Å²) in [5, 5.41) is 2.59. The SMILES string of the molecule is CC(F)Oc1cnc(C(=O)Nc2ccc(F)c(C34COCC3C(=O)N(C)C(N)=N4)c2)cn1. The van der Waals surface area contributed by atoms with Crippen LogP contribution in [-0.2, 0) is 15.1 Å². The number of aliphatic imine (C=N–C) groups is 1. The zero-order valence-electron chi connectivity index (χ0n) is 17.2. The lowest BCUT2D eigenvalue weighted by molar-refractivity contribution is -0.133. The molecule has 1 saturated heterocycles. The zero-order valence-corrected chi connectivity index (χ0v) is 17.2. The summed E-state index contributed by atoms with van der Waals surface area (Å²) in [6.45, 7) is 1.22. The van der Waals surface area contributed by atoms with Crippen LogP contribution >= 0.6 is 0 Å². The van der Waals surface area contributed by atoms with Crippen molar-refractivity contribution in [1.82, 2.24) is 14.9 Å². The molecule has 2 aliphatic heterocycles. The first kappa shape index (κ1) is 21.6. The Morgan fingerprint density at radius 2 is 2.19 bits per heavy atom. The smallest absolute Gasteiger partial charge is 0.275 e. The maximum absolute atomic E-state index is 14.9. The second-order valence-electron chi connectivity index (χ2n) is 7.41.